The molecule has 7 nitrogen and oxygen atoms in total. The zero-order valence-electron chi connectivity index (χ0n) is 13.3. The van der Waals surface area contributed by atoms with E-state index in [1.54, 1.807) is 17.3 Å². The molecular formula is C17H19N5O2. The number of fused-ring (bicyclic) bond motifs is 1. The van der Waals surface area contributed by atoms with Gasteiger partial charge in [0.15, 0.2) is 0 Å². The molecule has 1 atom stereocenters. The molecule has 2 aliphatic heterocycles. The molecule has 24 heavy (non-hydrogen) atoms. The molecule has 2 aliphatic rings. The van der Waals surface area contributed by atoms with Crippen molar-refractivity contribution in [3.05, 3.63) is 47.5 Å². The van der Waals surface area contributed by atoms with E-state index in [4.69, 9.17) is 0 Å². The minimum absolute atomic E-state index is 0.0278. The number of H-pyrrole nitrogens is 1. The fourth-order valence-electron chi connectivity index (χ4n) is 3.45. The summed E-state index contributed by atoms with van der Waals surface area (Å²) in [4.78, 5) is 32.9. The van der Waals surface area contributed by atoms with Gasteiger partial charge in [0.1, 0.15) is 0 Å². The fourth-order valence-corrected chi connectivity index (χ4v) is 3.45. The normalized spacial score (nSPS) is 20.3. The molecule has 0 bridgehead atoms. The van der Waals surface area contributed by atoms with Crippen molar-refractivity contribution in [3.63, 3.8) is 0 Å². The highest BCUT2D eigenvalue weighted by Gasteiger charge is 2.37. The smallest absolute Gasteiger partial charge is 0.228 e. The van der Waals surface area contributed by atoms with E-state index in [9.17, 15) is 9.59 Å². The van der Waals surface area contributed by atoms with Crippen LogP contribution < -0.4 is 0 Å². The van der Waals surface area contributed by atoms with E-state index in [0.29, 0.717) is 32.6 Å². The summed E-state index contributed by atoms with van der Waals surface area (Å²) < 4.78 is 0. The van der Waals surface area contributed by atoms with Crippen LogP contribution in [0.3, 0.4) is 0 Å². The highest BCUT2D eigenvalue weighted by atomic mass is 16.2. The van der Waals surface area contributed by atoms with Crippen molar-refractivity contribution in [2.24, 2.45) is 5.92 Å². The van der Waals surface area contributed by atoms with Crippen LogP contribution in [-0.2, 0) is 29.1 Å². The van der Waals surface area contributed by atoms with Crippen LogP contribution in [0.2, 0.25) is 0 Å². The number of carbonyl (C=O) groups excluding carboxylic acids is 2. The SMILES string of the molecule is O=C1CC(C(=O)N2CCc3[nH]ncc3C2)CN1Cc1ccccn1. The van der Waals surface area contributed by atoms with Crippen molar-refractivity contribution in [1.82, 2.24) is 25.0 Å². The molecule has 2 aromatic rings. The predicted molar refractivity (Wildman–Crippen MR) is 85.5 cm³/mol. The van der Waals surface area contributed by atoms with Gasteiger partial charge >= 0.3 is 0 Å². The van der Waals surface area contributed by atoms with E-state index < -0.39 is 0 Å². The summed E-state index contributed by atoms with van der Waals surface area (Å²) in [7, 11) is 0. The van der Waals surface area contributed by atoms with Crippen LogP contribution in [0.25, 0.3) is 0 Å². The van der Waals surface area contributed by atoms with Crippen LogP contribution in [-0.4, -0.2) is 49.9 Å². The minimum Gasteiger partial charge on any atom is -0.338 e. The summed E-state index contributed by atoms with van der Waals surface area (Å²) in [5, 5.41) is 7.00. The van der Waals surface area contributed by atoms with Crippen LogP contribution in [0.5, 0.6) is 0 Å². The molecule has 0 radical (unpaired) electrons. The van der Waals surface area contributed by atoms with Crippen molar-refractivity contribution >= 4 is 11.8 Å². The number of pyridine rings is 1. The lowest BCUT2D eigenvalue weighted by Crippen LogP contribution is -2.40. The van der Waals surface area contributed by atoms with Gasteiger partial charge in [0.05, 0.1) is 24.4 Å². The Morgan fingerprint density at radius 2 is 2.29 bits per heavy atom. The summed E-state index contributed by atoms with van der Waals surface area (Å²) >= 11 is 0. The summed E-state index contributed by atoms with van der Waals surface area (Å²) in [6, 6.07) is 5.65. The quantitative estimate of drug-likeness (QED) is 0.902. The molecule has 0 aromatic carbocycles. The number of hydrogen-bond acceptors (Lipinski definition) is 4. The zero-order valence-corrected chi connectivity index (χ0v) is 13.3. The van der Waals surface area contributed by atoms with Gasteiger partial charge in [-0.15, -0.1) is 0 Å². The number of likely N-dealkylation sites (tertiary alicyclic amines) is 1. The highest BCUT2D eigenvalue weighted by molar-refractivity contribution is 5.89. The molecule has 0 saturated carbocycles. The summed E-state index contributed by atoms with van der Waals surface area (Å²) in [6.45, 7) is 2.20. The highest BCUT2D eigenvalue weighted by Crippen LogP contribution is 2.24. The molecule has 1 fully saturated rings. The molecule has 0 spiro atoms. The van der Waals surface area contributed by atoms with Crippen LogP contribution in [0, 0.1) is 5.92 Å². The maximum Gasteiger partial charge on any atom is 0.228 e. The minimum atomic E-state index is -0.255. The second kappa shape index (κ2) is 6.07. The van der Waals surface area contributed by atoms with Crippen LogP contribution in [0.4, 0.5) is 0 Å². The maximum atomic E-state index is 12.8. The molecule has 2 amide bonds. The lowest BCUT2D eigenvalue weighted by molar-refractivity contribution is -0.136. The average Bonchev–Trinajstić information content (AvgIpc) is 3.21. The van der Waals surface area contributed by atoms with E-state index >= 15 is 0 Å². The van der Waals surface area contributed by atoms with Gasteiger partial charge in [0, 0.05) is 49.9 Å². The topological polar surface area (TPSA) is 82.2 Å². The van der Waals surface area contributed by atoms with Crippen molar-refractivity contribution in [2.45, 2.75) is 25.9 Å². The van der Waals surface area contributed by atoms with E-state index in [1.807, 2.05) is 23.1 Å². The van der Waals surface area contributed by atoms with Gasteiger partial charge in [-0.25, -0.2) is 0 Å². The first-order valence-corrected chi connectivity index (χ1v) is 8.18. The molecule has 0 aliphatic carbocycles. The van der Waals surface area contributed by atoms with Crippen LogP contribution in [0.15, 0.2) is 30.6 Å². The monoisotopic (exact) mass is 325 g/mol. The predicted octanol–water partition coefficient (Wildman–Crippen LogP) is 0.738. The average molecular weight is 325 g/mol. The standard InChI is InChI=1S/C17H19N5O2/c23-16-7-12(9-22(16)11-14-3-1-2-5-18-14)17(24)21-6-4-15-13(10-21)8-19-20-15/h1-3,5,8,12H,4,6-7,9-11H2,(H,19,20). The van der Waals surface area contributed by atoms with Crippen molar-refractivity contribution in [1.29, 1.82) is 0 Å². The second-order valence-corrected chi connectivity index (χ2v) is 6.38. The molecule has 4 heterocycles. The number of carbonyl (C=O) groups is 2. The van der Waals surface area contributed by atoms with Gasteiger partial charge < -0.3 is 9.80 Å². The summed E-state index contributed by atoms with van der Waals surface area (Å²) in [6.07, 6.45) is 4.58. The van der Waals surface area contributed by atoms with E-state index in [-0.39, 0.29) is 17.7 Å². The fraction of sp³-hybridized carbons (Fsp3) is 0.412. The van der Waals surface area contributed by atoms with Gasteiger partial charge in [-0.3, -0.25) is 19.7 Å². The molecule has 1 saturated heterocycles. The Morgan fingerprint density at radius 3 is 3.12 bits per heavy atom. The Hall–Kier alpha value is -2.70. The van der Waals surface area contributed by atoms with Crippen molar-refractivity contribution in [2.75, 3.05) is 13.1 Å². The molecule has 4 rings (SSSR count). The van der Waals surface area contributed by atoms with Gasteiger partial charge in [0.25, 0.3) is 0 Å². The Balaban J connectivity index is 1.40. The van der Waals surface area contributed by atoms with Crippen LogP contribution in [0.1, 0.15) is 23.4 Å². The number of rotatable bonds is 3. The second-order valence-electron chi connectivity index (χ2n) is 6.38. The first-order valence-electron chi connectivity index (χ1n) is 8.18. The molecule has 1 unspecified atom stereocenters. The molecule has 7 heteroatoms. The zero-order chi connectivity index (χ0) is 16.5. The third-order valence-corrected chi connectivity index (χ3v) is 4.75. The summed E-state index contributed by atoms with van der Waals surface area (Å²) in [5.41, 5.74) is 3.03. The van der Waals surface area contributed by atoms with Gasteiger partial charge in [-0.05, 0) is 12.1 Å². The molecule has 1 N–H and O–H groups in total. The van der Waals surface area contributed by atoms with Crippen molar-refractivity contribution in [3.8, 4) is 0 Å². The third kappa shape index (κ3) is 2.77. The number of aromatic nitrogens is 3. The molecule has 2 aromatic heterocycles. The van der Waals surface area contributed by atoms with Gasteiger partial charge in [0.2, 0.25) is 11.8 Å². The van der Waals surface area contributed by atoms with E-state index in [0.717, 1.165) is 23.4 Å². The number of hydrogen-bond donors (Lipinski definition) is 1. The largest absolute Gasteiger partial charge is 0.338 e. The third-order valence-electron chi connectivity index (χ3n) is 4.75. The number of aromatic amines is 1. The number of nitrogens with zero attached hydrogens (tertiary/aromatic N) is 4. The molecule has 124 valence electrons. The first kappa shape index (κ1) is 14.9. The first-order chi connectivity index (χ1) is 11.7. The number of nitrogens with one attached hydrogen (secondary N) is 1. The van der Waals surface area contributed by atoms with Crippen LogP contribution >= 0.6 is 0 Å². The van der Waals surface area contributed by atoms with E-state index in [2.05, 4.69) is 15.2 Å². The van der Waals surface area contributed by atoms with Gasteiger partial charge in [-0.1, -0.05) is 6.07 Å². The maximum absolute atomic E-state index is 12.8. The Bertz CT molecular complexity index is 757. The Morgan fingerprint density at radius 1 is 1.38 bits per heavy atom. The Labute approximate surface area is 139 Å². The van der Waals surface area contributed by atoms with Gasteiger partial charge in [-0.2, -0.15) is 5.10 Å². The summed E-state index contributed by atoms with van der Waals surface area (Å²) in [5.74, 6) is -0.159. The molecular weight excluding hydrogens is 306 g/mol. The van der Waals surface area contributed by atoms with E-state index in [1.165, 1.54) is 0 Å². The number of amides is 2. The Kier molecular flexibility index (Phi) is 3.76. The van der Waals surface area contributed by atoms with Crippen molar-refractivity contribution < 1.29 is 9.59 Å². The lowest BCUT2D eigenvalue weighted by atomic mass is 10.0. The lowest BCUT2D eigenvalue weighted by Gasteiger charge is -2.28.